The molecule has 128 valence electrons. The molecule has 0 heterocycles. The third-order valence-electron chi connectivity index (χ3n) is 3.20. The monoisotopic (exact) mass is 368 g/mol. The number of sulfonamides is 1. The van der Waals surface area contributed by atoms with Crippen LogP contribution in [0.15, 0.2) is 47.4 Å². The van der Waals surface area contributed by atoms with Gasteiger partial charge in [0.2, 0.25) is 10.0 Å². The number of rotatable bonds is 6. The molecule has 8 heteroatoms. The number of hydrogen-bond acceptors (Lipinski definition) is 4. The van der Waals surface area contributed by atoms with Gasteiger partial charge in [0, 0.05) is 0 Å². The molecule has 0 aliphatic rings. The van der Waals surface area contributed by atoms with E-state index in [9.17, 15) is 13.2 Å². The minimum atomic E-state index is -3.67. The number of nitrogens with one attached hydrogen (secondary N) is 2. The maximum absolute atomic E-state index is 12.5. The Morgan fingerprint density at radius 3 is 2.58 bits per heavy atom. The van der Waals surface area contributed by atoms with Gasteiger partial charge in [-0.15, -0.1) is 0 Å². The number of hydrogen-bond donors (Lipinski definition) is 2. The lowest BCUT2D eigenvalue weighted by molar-refractivity contribution is 0.102. The van der Waals surface area contributed by atoms with E-state index in [1.165, 1.54) is 25.2 Å². The van der Waals surface area contributed by atoms with Crippen LogP contribution in [0.3, 0.4) is 0 Å². The molecule has 0 saturated heterocycles. The molecular weight excluding hydrogens is 352 g/mol. The minimum Gasteiger partial charge on any atom is -0.492 e. The smallest absolute Gasteiger partial charge is 0.257 e. The number of benzene rings is 2. The third kappa shape index (κ3) is 4.05. The largest absolute Gasteiger partial charge is 0.492 e. The summed E-state index contributed by atoms with van der Waals surface area (Å²) in [5.74, 6) is -0.0104. The van der Waals surface area contributed by atoms with Crippen LogP contribution in [0.4, 0.5) is 5.69 Å². The van der Waals surface area contributed by atoms with Crippen LogP contribution in [0, 0.1) is 0 Å². The van der Waals surface area contributed by atoms with Crippen LogP contribution >= 0.6 is 11.6 Å². The van der Waals surface area contributed by atoms with Gasteiger partial charge in [0.05, 0.1) is 27.8 Å². The predicted molar refractivity (Wildman–Crippen MR) is 93.3 cm³/mol. The maximum atomic E-state index is 12.5. The van der Waals surface area contributed by atoms with Crippen LogP contribution in [0.5, 0.6) is 5.75 Å². The van der Waals surface area contributed by atoms with E-state index >= 15 is 0 Å². The molecule has 0 fully saturated rings. The molecule has 0 aromatic heterocycles. The van der Waals surface area contributed by atoms with Crippen LogP contribution in [-0.2, 0) is 10.0 Å². The summed E-state index contributed by atoms with van der Waals surface area (Å²) < 4.78 is 31.4. The van der Waals surface area contributed by atoms with Crippen molar-refractivity contribution in [2.75, 3.05) is 19.0 Å². The van der Waals surface area contributed by atoms with Gasteiger partial charge in [-0.05, 0) is 44.3 Å². The van der Waals surface area contributed by atoms with Gasteiger partial charge in [0.15, 0.2) is 0 Å². The number of amides is 1. The Bertz CT molecular complexity index is 853. The molecule has 0 aliphatic carbocycles. The van der Waals surface area contributed by atoms with Crippen molar-refractivity contribution in [3.05, 3.63) is 53.1 Å². The first-order valence-electron chi connectivity index (χ1n) is 7.15. The average molecular weight is 369 g/mol. The van der Waals surface area contributed by atoms with Gasteiger partial charge < -0.3 is 10.1 Å². The van der Waals surface area contributed by atoms with Crippen LogP contribution in [-0.4, -0.2) is 28.0 Å². The molecule has 0 atom stereocenters. The molecule has 2 aromatic rings. The Kier molecular flexibility index (Phi) is 5.82. The number of carbonyl (C=O) groups excluding carboxylic acids is 1. The summed E-state index contributed by atoms with van der Waals surface area (Å²) in [7, 11) is -2.38. The van der Waals surface area contributed by atoms with Crippen LogP contribution < -0.4 is 14.8 Å². The van der Waals surface area contributed by atoms with Gasteiger partial charge in [-0.25, -0.2) is 13.1 Å². The van der Waals surface area contributed by atoms with Crippen LogP contribution in [0.2, 0.25) is 5.02 Å². The summed E-state index contributed by atoms with van der Waals surface area (Å²) in [6.45, 7) is 2.28. The van der Waals surface area contributed by atoms with E-state index in [2.05, 4.69) is 10.0 Å². The Balaban J connectivity index is 2.36. The van der Waals surface area contributed by atoms with E-state index < -0.39 is 15.9 Å². The summed E-state index contributed by atoms with van der Waals surface area (Å²) in [6.07, 6.45) is 0. The summed E-state index contributed by atoms with van der Waals surface area (Å²) >= 11 is 6.04. The molecule has 0 spiro atoms. The molecule has 0 aliphatic heterocycles. The van der Waals surface area contributed by atoms with Crippen molar-refractivity contribution in [1.82, 2.24) is 4.72 Å². The van der Waals surface area contributed by atoms with E-state index in [1.807, 2.05) is 6.92 Å². The van der Waals surface area contributed by atoms with Gasteiger partial charge in [0.25, 0.3) is 5.91 Å². The van der Waals surface area contributed by atoms with Crippen molar-refractivity contribution in [3.63, 3.8) is 0 Å². The third-order valence-corrected chi connectivity index (χ3v) is 4.94. The highest BCUT2D eigenvalue weighted by molar-refractivity contribution is 7.89. The summed E-state index contributed by atoms with van der Waals surface area (Å²) in [5, 5.41) is 2.84. The van der Waals surface area contributed by atoms with Crippen molar-refractivity contribution in [1.29, 1.82) is 0 Å². The lowest BCUT2D eigenvalue weighted by Gasteiger charge is -2.12. The molecule has 24 heavy (non-hydrogen) atoms. The van der Waals surface area contributed by atoms with Gasteiger partial charge in [0.1, 0.15) is 5.75 Å². The maximum Gasteiger partial charge on any atom is 0.257 e. The van der Waals surface area contributed by atoms with Crippen molar-refractivity contribution in [2.24, 2.45) is 0 Å². The van der Waals surface area contributed by atoms with E-state index in [1.54, 1.807) is 24.3 Å². The van der Waals surface area contributed by atoms with E-state index in [-0.39, 0.29) is 15.5 Å². The lowest BCUT2D eigenvalue weighted by Crippen LogP contribution is -2.20. The molecule has 2 N–H and O–H groups in total. The Hall–Kier alpha value is -2.09. The van der Waals surface area contributed by atoms with Crippen molar-refractivity contribution in [2.45, 2.75) is 11.8 Å². The zero-order chi connectivity index (χ0) is 17.7. The van der Waals surface area contributed by atoms with E-state index in [0.29, 0.717) is 18.0 Å². The number of carbonyl (C=O) groups is 1. The molecule has 2 rings (SSSR count). The molecule has 6 nitrogen and oxygen atoms in total. The Morgan fingerprint density at radius 1 is 1.21 bits per heavy atom. The number of anilines is 1. The van der Waals surface area contributed by atoms with Gasteiger partial charge in [-0.2, -0.15) is 0 Å². The topological polar surface area (TPSA) is 84.5 Å². The minimum absolute atomic E-state index is 0.0438. The standard InChI is InChI=1S/C16H17ClN2O4S/c1-3-23-15-7-5-4-6-14(15)19-16(20)12-10-11(8-9-13(12)17)24(21,22)18-2/h4-10,18H,3H2,1-2H3,(H,19,20). The molecule has 0 unspecified atom stereocenters. The lowest BCUT2D eigenvalue weighted by atomic mass is 10.2. The van der Waals surface area contributed by atoms with Gasteiger partial charge in [-0.3, -0.25) is 4.79 Å². The summed E-state index contributed by atoms with van der Waals surface area (Å²) in [6, 6.07) is 10.9. The molecule has 0 radical (unpaired) electrons. The van der Waals surface area contributed by atoms with Gasteiger partial charge >= 0.3 is 0 Å². The zero-order valence-electron chi connectivity index (χ0n) is 13.2. The van der Waals surface area contributed by atoms with Crippen molar-refractivity contribution in [3.8, 4) is 5.75 Å². The molecule has 1 amide bonds. The zero-order valence-corrected chi connectivity index (χ0v) is 14.7. The van der Waals surface area contributed by atoms with Crippen molar-refractivity contribution < 1.29 is 17.9 Å². The van der Waals surface area contributed by atoms with E-state index in [0.717, 1.165) is 0 Å². The van der Waals surface area contributed by atoms with Crippen LogP contribution in [0.25, 0.3) is 0 Å². The summed E-state index contributed by atoms with van der Waals surface area (Å²) in [4.78, 5) is 12.4. The fraction of sp³-hybridized carbons (Fsp3) is 0.188. The SMILES string of the molecule is CCOc1ccccc1NC(=O)c1cc(S(=O)(=O)NC)ccc1Cl. The molecule has 2 aromatic carbocycles. The van der Waals surface area contributed by atoms with Crippen LogP contribution in [0.1, 0.15) is 17.3 Å². The number of para-hydroxylation sites is 2. The first kappa shape index (κ1) is 18.3. The predicted octanol–water partition coefficient (Wildman–Crippen LogP) is 2.90. The molecule has 0 saturated carbocycles. The first-order chi connectivity index (χ1) is 11.4. The Labute approximate surface area is 145 Å². The molecule has 0 bridgehead atoms. The highest BCUT2D eigenvalue weighted by atomic mass is 35.5. The highest BCUT2D eigenvalue weighted by Crippen LogP contribution is 2.26. The normalized spacial score (nSPS) is 11.1. The highest BCUT2D eigenvalue weighted by Gasteiger charge is 2.18. The number of halogens is 1. The first-order valence-corrected chi connectivity index (χ1v) is 9.01. The summed E-state index contributed by atoms with van der Waals surface area (Å²) in [5.41, 5.74) is 0.529. The second-order valence-corrected chi connectivity index (χ2v) is 7.03. The van der Waals surface area contributed by atoms with Gasteiger partial charge in [-0.1, -0.05) is 23.7 Å². The average Bonchev–Trinajstić information content (AvgIpc) is 2.57. The van der Waals surface area contributed by atoms with Crippen molar-refractivity contribution >= 4 is 33.2 Å². The second kappa shape index (κ2) is 7.65. The quantitative estimate of drug-likeness (QED) is 0.821. The number of ether oxygens (including phenoxy) is 1. The van der Waals surface area contributed by atoms with E-state index in [4.69, 9.17) is 16.3 Å². The fourth-order valence-corrected chi connectivity index (χ4v) is 2.96. The fourth-order valence-electron chi connectivity index (χ4n) is 2.00. The molecular formula is C16H17ClN2O4S. The second-order valence-electron chi connectivity index (χ2n) is 4.73. The Morgan fingerprint density at radius 2 is 1.92 bits per heavy atom.